The highest BCUT2D eigenvalue weighted by atomic mass is 32.2. The molecule has 0 unspecified atom stereocenters. The van der Waals surface area contributed by atoms with Crippen molar-refractivity contribution in [3.05, 3.63) is 23.8 Å². The molecule has 0 aliphatic carbocycles. The number of nitrogens with zero attached hydrogens (tertiary/aromatic N) is 4. The maximum atomic E-state index is 12.7. The van der Waals surface area contributed by atoms with Crippen molar-refractivity contribution in [2.45, 2.75) is 59.0 Å². The topological polar surface area (TPSA) is 81.8 Å². The first-order valence-corrected chi connectivity index (χ1v) is 9.32. The van der Waals surface area contributed by atoms with Gasteiger partial charge in [-0.3, -0.25) is 14.1 Å². The van der Waals surface area contributed by atoms with Gasteiger partial charge in [0.05, 0.1) is 23.3 Å². The van der Waals surface area contributed by atoms with Crippen LogP contribution in [0.15, 0.2) is 17.3 Å². The molecule has 2 rings (SSSR count). The standard InChI is InChI=1S/C15H25N5O2S/c1-6-7-19-10-14(8-16-19)18-23(21,22)15-12(4)17-20(13(15)5)9-11(2)3/h8,10-11,18H,6-7,9H2,1-5H3. The summed E-state index contributed by atoms with van der Waals surface area (Å²) in [6.45, 7) is 11.1. The Kier molecular flexibility index (Phi) is 5.13. The minimum Gasteiger partial charge on any atom is -0.276 e. The molecule has 0 bridgehead atoms. The molecule has 0 aromatic carbocycles. The second-order valence-electron chi connectivity index (χ2n) is 6.17. The lowest BCUT2D eigenvalue weighted by atomic mass is 10.2. The van der Waals surface area contributed by atoms with Gasteiger partial charge in [0.25, 0.3) is 10.0 Å². The summed E-state index contributed by atoms with van der Waals surface area (Å²) in [7, 11) is -3.68. The molecule has 0 radical (unpaired) electrons. The van der Waals surface area contributed by atoms with Crippen LogP contribution in [0, 0.1) is 19.8 Å². The van der Waals surface area contributed by atoms with Crippen molar-refractivity contribution in [1.82, 2.24) is 19.6 Å². The average molecular weight is 339 g/mol. The molecule has 7 nitrogen and oxygen atoms in total. The van der Waals surface area contributed by atoms with E-state index in [1.165, 1.54) is 6.20 Å². The molecule has 0 saturated carbocycles. The average Bonchev–Trinajstić information content (AvgIpc) is 2.94. The molecule has 0 aliphatic heterocycles. The molecule has 0 spiro atoms. The molecule has 23 heavy (non-hydrogen) atoms. The maximum Gasteiger partial charge on any atom is 0.265 e. The highest BCUT2D eigenvalue weighted by molar-refractivity contribution is 7.92. The van der Waals surface area contributed by atoms with Gasteiger partial charge in [-0.25, -0.2) is 8.42 Å². The van der Waals surface area contributed by atoms with Crippen LogP contribution in [0.2, 0.25) is 0 Å². The van der Waals surface area contributed by atoms with Crippen molar-refractivity contribution < 1.29 is 8.42 Å². The summed E-state index contributed by atoms with van der Waals surface area (Å²) in [5.74, 6) is 0.392. The molecule has 0 saturated heterocycles. The van der Waals surface area contributed by atoms with Crippen LogP contribution in [-0.2, 0) is 23.1 Å². The Morgan fingerprint density at radius 1 is 1.30 bits per heavy atom. The Hall–Kier alpha value is -1.83. The lowest BCUT2D eigenvalue weighted by Crippen LogP contribution is -2.15. The first kappa shape index (κ1) is 17.5. The Balaban J connectivity index is 2.30. The van der Waals surface area contributed by atoms with Crippen LogP contribution in [0.3, 0.4) is 0 Å². The minimum absolute atomic E-state index is 0.251. The lowest BCUT2D eigenvalue weighted by Gasteiger charge is -2.09. The summed E-state index contributed by atoms with van der Waals surface area (Å²) >= 11 is 0. The molecule has 0 fully saturated rings. The van der Waals surface area contributed by atoms with E-state index >= 15 is 0 Å². The Labute approximate surface area is 137 Å². The van der Waals surface area contributed by atoms with Gasteiger partial charge in [-0.2, -0.15) is 10.2 Å². The third kappa shape index (κ3) is 3.93. The van der Waals surface area contributed by atoms with Crippen LogP contribution in [-0.4, -0.2) is 28.0 Å². The minimum atomic E-state index is -3.68. The zero-order valence-electron chi connectivity index (χ0n) is 14.4. The molecule has 1 N–H and O–H groups in total. The van der Waals surface area contributed by atoms with Crippen LogP contribution < -0.4 is 4.72 Å². The summed E-state index contributed by atoms with van der Waals surface area (Å²) in [6, 6.07) is 0. The van der Waals surface area contributed by atoms with Crippen molar-refractivity contribution in [1.29, 1.82) is 0 Å². The van der Waals surface area contributed by atoms with Gasteiger partial charge < -0.3 is 0 Å². The third-order valence-corrected chi connectivity index (χ3v) is 5.09. The van der Waals surface area contributed by atoms with Gasteiger partial charge in [0.15, 0.2) is 0 Å². The van der Waals surface area contributed by atoms with Crippen molar-refractivity contribution in [3.63, 3.8) is 0 Å². The fourth-order valence-corrected chi connectivity index (χ4v) is 4.01. The van der Waals surface area contributed by atoms with E-state index in [0.29, 0.717) is 29.5 Å². The van der Waals surface area contributed by atoms with Gasteiger partial charge in [0.1, 0.15) is 4.90 Å². The van der Waals surface area contributed by atoms with Crippen molar-refractivity contribution in [3.8, 4) is 0 Å². The zero-order valence-corrected chi connectivity index (χ0v) is 15.2. The fourth-order valence-electron chi connectivity index (χ4n) is 2.57. The second kappa shape index (κ2) is 6.74. The predicted octanol–water partition coefficient (Wildman–Crippen LogP) is 2.56. The molecule has 2 aromatic rings. The van der Waals surface area contributed by atoms with Crippen LogP contribution in [0.4, 0.5) is 5.69 Å². The van der Waals surface area contributed by atoms with Crippen LogP contribution in [0.5, 0.6) is 0 Å². The molecule has 0 atom stereocenters. The Morgan fingerprint density at radius 2 is 2.00 bits per heavy atom. The normalized spacial score (nSPS) is 12.1. The van der Waals surface area contributed by atoms with E-state index in [9.17, 15) is 8.42 Å². The number of nitrogens with one attached hydrogen (secondary N) is 1. The molecule has 8 heteroatoms. The Morgan fingerprint density at radius 3 is 2.61 bits per heavy atom. The van der Waals surface area contributed by atoms with E-state index in [0.717, 1.165) is 13.0 Å². The Bertz CT molecular complexity index is 774. The summed E-state index contributed by atoms with van der Waals surface area (Å²) in [5, 5.41) is 8.51. The first-order chi connectivity index (χ1) is 10.7. The first-order valence-electron chi connectivity index (χ1n) is 7.84. The van der Waals surface area contributed by atoms with Gasteiger partial charge in [0, 0.05) is 19.3 Å². The molecule has 0 amide bonds. The summed E-state index contributed by atoms with van der Waals surface area (Å²) < 4.78 is 31.5. The lowest BCUT2D eigenvalue weighted by molar-refractivity contribution is 0.472. The third-order valence-electron chi connectivity index (χ3n) is 3.46. The van der Waals surface area contributed by atoms with E-state index in [1.807, 2.05) is 6.92 Å². The van der Waals surface area contributed by atoms with E-state index in [2.05, 4.69) is 28.8 Å². The number of aryl methyl sites for hydroxylation is 2. The number of sulfonamides is 1. The van der Waals surface area contributed by atoms with Crippen LogP contribution >= 0.6 is 0 Å². The predicted molar refractivity (Wildman–Crippen MR) is 89.9 cm³/mol. The van der Waals surface area contributed by atoms with Gasteiger partial charge >= 0.3 is 0 Å². The van der Waals surface area contributed by atoms with Crippen molar-refractivity contribution >= 4 is 15.7 Å². The summed E-state index contributed by atoms with van der Waals surface area (Å²) in [4.78, 5) is 0.251. The van der Waals surface area contributed by atoms with Gasteiger partial charge in [-0.05, 0) is 26.2 Å². The maximum absolute atomic E-state index is 12.7. The van der Waals surface area contributed by atoms with Crippen molar-refractivity contribution in [2.75, 3.05) is 4.72 Å². The number of hydrogen-bond donors (Lipinski definition) is 1. The molecular weight excluding hydrogens is 314 g/mol. The molecule has 0 aliphatic rings. The van der Waals surface area contributed by atoms with E-state index in [-0.39, 0.29) is 4.90 Å². The molecular formula is C15H25N5O2S. The molecule has 2 heterocycles. The second-order valence-corrected chi connectivity index (χ2v) is 7.79. The van der Waals surface area contributed by atoms with Gasteiger partial charge in [0.2, 0.25) is 0 Å². The number of aromatic nitrogens is 4. The van der Waals surface area contributed by atoms with Crippen LogP contribution in [0.25, 0.3) is 0 Å². The van der Waals surface area contributed by atoms with Gasteiger partial charge in [-0.1, -0.05) is 20.8 Å². The highest BCUT2D eigenvalue weighted by Crippen LogP contribution is 2.23. The van der Waals surface area contributed by atoms with E-state index in [1.54, 1.807) is 29.4 Å². The number of rotatable bonds is 7. The van der Waals surface area contributed by atoms with Crippen molar-refractivity contribution in [2.24, 2.45) is 5.92 Å². The smallest absolute Gasteiger partial charge is 0.265 e. The van der Waals surface area contributed by atoms with Crippen LogP contribution in [0.1, 0.15) is 38.6 Å². The quantitative estimate of drug-likeness (QED) is 0.840. The fraction of sp³-hybridized carbons (Fsp3) is 0.600. The summed E-state index contributed by atoms with van der Waals surface area (Å²) in [6.07, 6.45) is 4.16. The van der Waals surface area contributed by atoms with Gasteiger partial charge in [-0.15, -0.1) is 0 Å². The van der Waals surface area contributed by atoms with E-state index in [4.69, 9.17) is 0 Å². The zero-order chi connectivity index (χ0) is 17.2. The van der Waals surface area contributed by atoms with E-state index < -0.39 is 10.0 Å². The monoisotopic (exact) mass is 339 g/mol. The molecule has 2 aromatic heterocycles. The number of hydrogen-bond acceptors (Lipinski definition) is 4. The summed E-state index contributed by atoms with van der Waals surface area (Å²) in [5.41, 5.74) is 1.63. The number of anilines is 1. The highest BCUT2D eigenvalue weighted by Gasteiger charge is 2.25. The largest absolute Gasteiger partial charge is 0.276 e. The SMILES string of the molecule is CCCn1cc(NS(=O)(=O)c2c(C)nn(CC(C)C)c2C)cn1. The molecule has 128 valence electrons.